The molecule has 0 aliphatic carbocycles. The van der Waals surface area contributed by atoms with Crippen molar-refractivity contribution < 1.29 is 23.9 Å². The second-order valence-corrected chi connectivity index (χ2v) is 4.51. The van der Waals surface area contributed by atoms with E-state index in [9.17, 15) is 14.4 Å². The summed E-state index contributed by atoms with van der Waals surface area (Å²) in [5, 5.41) is 4.49. The number of benzene rings is 1. The van der Waals surface area contributed by atoms with E-state index in [1.807, 2.05) is 0 Å². The van der Waals surface area contributed by atoms with E-state index >= 15 is 0 Å². The molecule has 0 heterocycles. The molecular formula is C15H20N2O5. The summed E-state index contributed by atoms with van der Waals surface area (Å²) in [6.07, 6.45) is -1.02. The molecule has 1 rings (SSSR count). The lowest BCUT2D eigenvalue weighted by Gasteiger charge is -2.13. The van der Waals surface area contributed by atoms with E-state index in [1.54, 1.807) is 38.3 Å². The highest BCUT2D eigenvalue weighted by Gasteiger charge is 2.19. The molecule has 1 aromatic rings. The first-order valence-electron chi connectivity index (χ1n) is 6.87. The third-order valence-corrected chi connectivity index (χ3v) is 2.76. The van der Waals surface area contributed by atoms with E-state index in [0.29, 0.717) is 12.3 Å². The largest absolute Gasteiger partial charge is 0.497 e. The first-order chi connectivity index (χ1) is 10.5. The van der Waals surface area contributed by atoms with Crippen LogP contribution in [0.15, 0.2) is 24.3 Å². The Labute approximate surface area is 129 Å². The van der Waals surface area contributed by atoms with E-state index in [2.05, 4.69) is 10.6 Å². The molecule has 0 aromatic heterocycles. The number of ether oxygens (including phenoxy) is 2. The van der Waals surface area contributed by atoms with Gasteiger partial charge in [-0.2, -0.15) is 0 Å². The van der Waals surface area contributed by atoms with E-state index in [0.717, 1.165) is 5.56 Å². The maximum absolute atomic E-state index is 11.8. The smallest absolute Gasteiger partial charge is 0.321 e. The van der Waals surface area contributed by atoms with Gasteiger partial charge >= 0.3 is 12.0 Å². The number of hydrogen-bond acceptors (Lipinski definition) is 5. The van der Waals surface area contributed by atoms with E-state index < -0.39 is 24.0 Å². The minimum atomic E-state index is -1.05. The van der Waals surface area contributed by atoms with Gasteiger partial charge in [-0.05, 0) is 31.5 Å². The van der Waals surface area contributed by atoms with Gasteiger partial charge in [-0.1, -0.05) is 12.1 Å². The molecule has 0 unspecified atom stereocenters. The Kier molecular flexibility index (Phi) is 6.88. The molecule has 0 spiro atoms. The lowest BCUT2D eigenvalue weighted by Crippen LogP contribution is -2.44. The second-order valence-electron chi connectivity index (χ2n) is 4.51. The van der Waals surface area contributed by atoms with Crippen molar-refractivity contribution >= 4 is 17.9 Å². The number of nitrogens with one attached hydrogen (secondary N) is 2. The van der Waals surface area contributed by atoms with E-state index in [-0.39, 0.29) is 6.42 Å². The standard InChI is InChI=1S/C15H20N2O5/c1-4-16-15(20)17-14(19)10(2)22-13(18)9-11-5-7-12(21-3)8-6-11/h5-8,10H,4,9H2,1-3H3,(H2,16,17,19,20)/t10-/m1/s1. The summed E-state index contributed by atoms with van der Waals surface area (Å²) in [4.78, 5) is 34.6. The predicted molar refractivity (Wildman–Crippen MR) is 79.5 cm³/mol. The van der Waals surface area contributed by atoms with Crippen LogP contribution in [-0.4, -0.2) is 37.7 Å². The fraction of sp³-hybridized carbons (Fsp3) is 0.400. The highest BCUT2D eigenvalue weighted by Crippen LogP contribution is 2.12. The number of methoxy groups -OCH3 is 1. The van der Waals surface area contributed by atoms with Crippen molar-refractivity contribution in [2.24, 2.45) is 0 Å². The lowest BCUT2D eigenvalue weighted by atomic mass is 10.1. The van der Waals surface area contributed by atoms with Crippen LogP contribution < -0.4 is 15.4 Å². The molecule has 120 valence electrons. The Morgan fingerprint density at radius 3 is 2.36 bits per heavy atom. The summed E-state index contributed by atoms with van der Waals surface area (Å²) in [7, 11) is 1.55. The van der Waals surface area contributed by atoms with Gasteiger partial charge in [-0.3, -0.25) is 14.9 Å². The average molecular weight is 308 g/mol. The highest BCUT2D eigenvalue weighted by atomic mass is 16.5. The predicted octanol–water partition coefficient (Wildman–Crippen LogP) is 1.02. The van der Waals surface area contributed by atoms with Gasteiger partial charge in [0.25, 0.3) is 5.91 Å². The van der Waals surface area contributed by atoms with Crippen molar-refractivity contribution in [2.45, 2.75) is 26.4 Å². The fourth-order valence-corrected chi connectivity index (χ4v) is 1.62. The van der Waals surface area contributed by atoms with Crippen LogP contribution in [-0.2, 0) is 20.7 Å². The van der Waals surface area contributed by atoms with Gasteiger partial charge < -0.3 is 14.8 Å². The Morgan fingerprint density at radius 2 is 1.82 bits per heavy atom. The van der Waals surface area contributed by atoms with Crippen LogP contribution in [0.4, 0.5) is 4.79 Å². The van der Waals surface area contributed by atoms with Crippen LogP contribution in [0.25, 0.3) is 0 Å². The van der Waals surface area contributed by atoms with Gasteiger partial charge in [0, 0.05) is 6.54 Å². The molecule has 0 saturated carbocycles. The minimum absolute atomic E-state index is 0.0305. The van der Waals surface area contributed by atoms with Crippen LogP contribution in [0.3, 0.4) is 0 Å². The number of carbonyl (C=O) groups excluding carboxylic acids is 3. The molecule has 1 aromatic carbocycles. The Hall–Kier alpha value is -2.57. The van der Waals surface area contributed by atoms with Gasteiger partial charge in [-0.15, -0.1) is 0 Å². The molecule has 0 radical (unpaired) electrons. The van der Waals surface area contributed by atoms with Gasteiger partial charge in [-0.25, -0.2) is 4.79 Å². The number of esters is 1. The first kappa shape index (κ1) is 17.5. The number of carbonyl (C=O) groups is 3. The summed E-state index contributed by atoms with van der Waals surface area (Å²) >= 11 is 0. The third kappa shape index (κ3) is 5.82. The van der Waals surface area contributed by atoms with E-state index in [4.69, 9.17) is 9.47 Å². The SMILES string of the molecule is CCNC(=O)NC(=O)[C@@H](C)OC(=O)Cc1ccc(OC)cc1. The summed E-state index contributed by atoms with van der Waals surface area (Å²) in [6, 6.07) is 6.31. The molecule has 0 bridgehead atoms. The Balaban J connectivity index is 2.45. The zero-order valence-electron chi connectivity index (χ0n) is 12.8. The molecule has 2 N–H and O–H groups in total. The maximum Gasteiger partial charge on any atom is 0.321 e. The van der Waals surface area contributed by atoms with Crippen LogP contribution in [0, 0.1) is 0 Å². The molecular weight excluding hydrogens is 288 g/mol. The molecule has 0 fully saturated rings. The highest BCUT2D eigenvalue weighted by molar-refractivity contribution is 5.97. The number of urea groups is 1. The van der Waals surface area contributed by atoms with Crippen molar-refractivity contribution in [1.29, 1.82) is 0 Å². The van der Waals surface area contributed by atoms with Crippen LogP contribution in [0.5, 0.6) is 5.75 Å². The van der Waals surface area contributed by atoms with Crippen LogP contribution in [0.1, 0.15) is 19.4 Å². The van der Waals surface area contributed by atoms with Crippen molar-refractivity contribution in [3.8, 4) is 5.75 Å². The number of hydrogen-bond donors (Lipinski definition) is 2. The summed E-state index contributed by atoms with van der Waals surface area (Å²) in [5.74, 6) is -0.537. The minimum Gasteiger partial charge on any atom is -0.497 e. The summed E-state index contributed by atoms with van der Waals surface area (Å²) in [5.41, 5.74) is 0.738. The molecule has 0 aliphatic rings. The lowest BCUT2D eigenvalue weighted by molar-refractivity contribution is -0.153. The topological polar surface area (TPSA) is 93.7 Å². The molecule has 0 saturated heterocycles. The molecule has 7 heteroatoms. The number of imide groups is 1. The van der Waals surface area contributed by atoms with Crippen molar-refractivity contribution in [2.75, 3.05) is 13.7 Å². The summed E-state index contributed by atoms with van der Waals surface area (Å²) < 4.78 is 10.0. The van der Waals surface area contributed by atoms with Gasteiger partial charge in [0.05, 0.1) is 13.5 Å². The molecule has 7 nitrogen and oxygen atoms in total. The zero-order valence-corrected chi connectivity index (χ0v) is 12.8. The number of amides is 3. The zero-order chi connectivity index (χ0) is 16.5. The normalized spacial score (nSPS) is 11.2. The van der Waals surface area contributed by atoms with Crippen molar-refractivity contribution in [3.05, 3.63) is 29.8 Å². The second kappa shape index (κ2) is 8.66. The Morgan fingerprint density at radius 1 is 1.18 bits per heavy atom. The summed E-state index contributed by atoms with van der Waals surface area (Å²) in [6.45, 7) is 3.52. The van der Waals surface area contributed by atoms with Crippen molar-refractivity contribution in [1.82, 2.24) is 10.6 Å². The number of rotatable bonds is 6. The van der Waals surface area contributed by atoms with Crippen molar-refractivity contribution in [3.63, 3.8) is 0 Å². The molecule has 3 amide bonds. The van der Waals surface area contributed by atoms with Crippen LogP contribution in [0.2, 0.25) is 0 Å². The third-order valence-electron chi connectivity index (χ3n) is 2.76. The van der Waals surface area contributed by atoms with Crippen LogP contribution >= 0.6 is 0 Å². The quantitative estimate of drug-likeness (QED) is 0.765. The van der Waals surface area contributed by atoms with Gasteiger partial charge in [0.1, 0.15) is 5.75 Å². The molecule has 22 heavy (non-hydrogen) atoms. The van der Waals surface area contributed by atoms with Gasteiger partial charge in [0.2, 0.25) is 0 Å². The molecule has 0 aliphatic heterocycles. The van der Waals surface area contributed by atoms with E-state index in [1.165, 1.54) is 6.92 Å². The van der Waals surface area contributed by atoms with Gasteiger partial charge in [0.15, 0.2) is 6.10 Å². The molecule has 1 atom stereocenters. The monoisotopic (exact) mass is 308 g/mol. The average Bonchev–Trinajstić information content (AvgIpc) is 2.48. The maximum atomic E-state index is 11.8. The Bertz CT molecular complexity index is 527. The fourth-order valence-electron chi connectivity index (χ4n) is 1.62. The first-order valence-corrected chi connectivity index (χ1v) is 6.87.